The van der Waals surface area contributed by atoms with Crippen LogP contribution in [0, 0.1) is 0 Å². The van der Waals surface area contributed by atoms with Crippen LogP contribution in [0.25, 0.3) is 0 Å². The van der Waals surface area contributed by atoms with Crippen LogP contribution in [0.4, 0.5) is 10.5 Å². The lowest BCUT2D eigenvalue weighted by Gasteiger charge is -2.18. The van der Waals surface area contributed by atoms with Crippen molar-refractivity contribution in [3.63, 3.8) is 0 Å². The maximum absolute atomic E-state index is 11.8. The van der Waals surface area contributed by atoms with Gasteiger partial charge in [0.2, 0.25) is 6.41 Å². The normalized spacial score (nSPS) is 24.7. The first-order valence-electron chi connectivity index (χ1n) is 5.58. The molecule has 1 atom stereocenters. The highest BCUT2D eigenvalue weighted by molar-refractivity contribution is 6.07. The summed E-state index contributed by atoms with van der Waals surface area (Å²) in [7, 11) is 0. The number of nitrogens with one attached hydrogen (secondary N) is 3. The van der Waals surface area contributed by atoms with Crippen LogP contribution in [0.2, 0.25) is 0 Å². The molecule has 1 aromatic carbocycles. The fourth-order valence-electron chi connectivity index (χ4n) is 2.61. The molecular weight excluding hydrogens is 234 g/mol. The third-order valence-corrected chi connectivity index (χ3v) is 3.43. The smallest absolute Gasteiger partial charge is 0.322 e. The Kier molecular flexibility index (Phi) is 2.13. The fourth-order valence-corrected chi connectivity index (χ4v) is 2.61. The second kappa shape index (κ2) is 3.56. The number of hydrogen-bond acceptors (Lipinski definition) is 3. The Bertz CT molecular complexity index is 570. The Morgan fingerprint density at radius 2 is 2.00 bits per heavy atom. The summed E-state index contributed by atoms with van der Waals surface area (Å²) in [6.07, 6.45) is 1.55. The van der Waals surface area contributed by atoms with Crippen molar-refractivity contribution in [1.82, 2.24) is 10.6 Å². The highest BCUT2D eigenvalue weighted by Gasteiger charge is 2.49. The lowest BCUT2D eigenvalue weighted by atomic mass is 9.96. The topological polar surface area (TPSA) is 87.3 Å². The molecule has 6 nitrogen and oxygen atoms in total. The number of benzene rings is 1. The molecule has 18 heavy (non-hydrogen) atoms. The minimum absolute atomic E-state index is 0.284. The molecule has 4 amide bonds. The van der Waals surface area contributed by atoms with Gasteiger partial charge in [-0.3, -0.25) is 14.9 Å². The maximum atomic E-state index is 11.8. The molecule has 6 heteroatoms. The van der Waals surface area contributed by atoms with Gasteiger partial charge >= 0.3 is 6.03 Å². The summed E-state index contributed by atoms with van der Waals surface area (Å²) in [6.45, 7) is 0. The van der Waals surface area contributed by atoms with Crippen LogP contribution in [-0.2, 0) is 22.4 Å². The first-order valence-corrected chi connectivity index (χ1v) is 5.58. The van der Waals surface area contributed by atoms with Gasteiger partial charge in [-0.1, -0.05) is 6.07 Å². The Morgan fingerprint density at radius 3 is 2.67 bits per heavy atom. The van der Waals surface area contributed by atoms with E-state index in [0.717, 1.165) is 11.1 Å². The van der Waals surface area contributed by atoms with Gasteiger partial charge in [-0.2, -0.15) is 0 Å². The Hall–Kier alpha value is -2.37. The van der Waals surface area contributed by atoms with Gasteiger partial charge in [0.25, 0.3) is 5.91 Å². The van der Waals surface area contributed by atoms with Gasteiger partial charge in [0.15, 0.2) is 0 Å². The van der Waals surface area contributed by atoms with Crippen molar-refractivity contribution in [1.29, 1.82) is 0 Å². The van der Waals surface area contributed by atoms with E-state index in [9.17, 15) is 14.4 Å². The highest BCUT2D eigenvalue weighted by atomic mass is 16.2. The van der Waals surface area contributed by atoms with Crippen LogP contribution in [0.15, 0.2) is 18.2 Å². The summed E-state index contributed by atoms with van der Waals surface area (Å²) in [4.78, 5) is 33.4. The standard InChI is InChI=1S/C12H11N3O3/c16-6-13-9-2-1-7-4-12(5-8(7)3-9)10(17)14-11(18)15-12/h1-3,6H,4-5H2,(H,13,16)(H2,14,15,17,18). The third kappa shape index (κ3) is 1.46. The minimum atomic E-state index is -0.848. The van der Waals surface area contributed by atoms with Crippen molar-refractivity contribution >= 4 is 24.0 Å². The Balaban J connectivity index is 1.93. The maximum Gasteiger partial charge on any atom is 0.322 e. The molecule has 1 aliphatic carbocycles. The molecule has 1 aromatic rings. The number of anilines is 1. The van der Waals surface area contributed by atoms with Gasteiger partial charge in [0.1, 0.15) is 5.54 Å². The van der Waals surface area contributed by atoms with Crippen molar-refractivity contribution in [2.45, 2.75) is 18.4 Å². The first kappa shape index (κ1) is 10.8. The molecule has 1 saturated heterocycles. The molecule has 1 aliphatic heterocycles. The average Bonchev–Trinajstić information content (AvgIpc) is 2.79. The van der Waals surface area contributed by atoms with Gasteiger partial charge in [-0.15, -0.1) is 0 Å². The van der Waals surface area contributed by atoms with E-state index >= 15 is 0 Å². The van der Waals surface area contributed by atoms with Crippen LogP contribution in [0.3, 0.4) is 0 Å². The highest BCUT2D eigenvalue weighted by Crippen LogP contribution is 2.33. The second-order valence-corrected chi connectivity index (χ2v) is 4.59. The fraction of sp³-hybridized carbons (Fsp3) is 0.250. The summed E-state index contributed by atoms with van der Waals surface area (Å²) in [5, 5.41) is 7.52. The third-order valence-electron chi connectivity index (χ3n) is 3.43. The van der Waals surface area contributed by atoms with E-state index < -0.39 is 11.6 Å². The molecule has 1 fully saturated rings. The number of hydrogen-bond donors (Lipinski definition) is 3. The van der Waals surface area contributed by atoms with E-state index in [1.165, 1.54) is 0 Å². The number of rotatable bonds is 2. The van der Waals surface area contributed by atoms with Crippen LogP contribution in [-0.4, -0.2) is 23.9 Å². The van der Waals surface area contributed by atoms with E-state index in [0.29, 0.717) is 24.9 Å². The van der Waals surface area contributed by atoms with Gasteiger partial charge in [-0.25, -0.2) is 4.79 Å². The number of urea groups is 1. The predicted molar refractivity (Wildman–Crippen MR) is 62.9 cm³/mol. The number of fused-ring (bicyclic) bond motifs is 1. The summed E-state index contributed by atoms with van der Waals surface area (Å²) in [5.74, 6) is -0.284. The van der Waals surface area contributed by atoms with Crippen LogP contribution >= 0.6 is 0 Å². The van der Waals surface area contributed by atoms with E-state index in [2.05, 4.69) is 16.0 Å². The van der Waals surface area contributed by atoms with E-state index in [-0.39, 0.29) is 5.91 Å². The molecule has 0 bridgehead atoms. The molecule has 0 aromatic heterocycles. The number of carbonyl (C=O) groups is 3. The summed E-state index contributed by atoms with van der Waals surface area (Å²) in [5.41, 5.74) is 1.83. The zero-order valence-electron chi connectivity index (χ0n) is 9.45. The summed E-state index contributed by atoms with van der Waals surface area (Å²) in [6, 6.07) is 5.03. The largest absolute Gasteiger partial charge is 0.329 e. The quantitative estimate of drug-likeness (QED) is 0.503. The van der Waals surface area contributed by atoms with Gasteiger partial charge < -0.3 is 10.6 Å². The number of imide groups is 1. The van der Waals surface area contributed by atoms with Crippen molar-refractivity contribution in [2.24, 2.45) is 0 Å². The van der Waals surface area contributed by atoms with Crippen LogP contribution < -0.4 is 16.0 Å². The molecule has 0 radical (unpaired) electrons. The van der Waals surface area contributed by atoms with Gasteiger partial charge in [0, 0.05) is 18.5 Å². The molecule has 92 valence electrons. The van der Waals surface area contributed by atoms with Gasteiger partial charge in [-0.05, 0) is 23.3 Å². The molecular formula is C12H11N3O3. The predicted octanol–water partition coefficient (Wildman–Crippen LogP) is -0.0683. The zero-order valence-corrected chi connectivity index (χ0v) is 9.45. The zero-order chi connectivity index (χ0) is 12.8. The first-order chi connectivity index (χ1) is 8.63. The second-order valence-electron chi connectivity index (χ2n) is 4.59. The van der Waals surface area contributed by atoms with Crippen molar-refractivity contribution in [3.05, 3.63) is 29.3 Å². The van der Waals surface area contributed by atoms with E-state index in [4.69, 9.17) is 0 Å². The molecule has 2 aliphatic rings. The molecule has 3 N–H and O–H groups in total. The van der Waals surface area contributed by atoms with Crippen molar-refractivity contribution in [2.75, 3.05) is 5.32 Å². The van der Waals surface area contributed by atoms with Gasteiger partial charge in [0.05, 0.1) is 0 Å². The average molecular weight is 245 g/mol. The van der Waals surface area contributed by atoms with E-state index in [1.54, 1.807) is 6.07 Å². The minimum Gasteiger partial charge on any atom is -0.329 e. The molecule has 1 unspecified atom stereocenters. The number of carbonyl (C=O) groups excluding carboxylic acids is 3. The molecule has 1 spiro atoms. The number of amides is 4. The Morgan fingerprint density at radius 1 is 1.22 bits per heavy atom. The summed E-state index contributed by atoms with van der Waals surface area (Å²) < 4.78 is 0. The summed E-state index contributed by atoms with van der Waals surface area (Å²) >= 11 is 0. The lowest BCUT2D eigenvalue weighted by molar-refractivity contribution is -0.123. The van der Waals surface area contributed by atoms with Crippen molar-refractivity contribution in [3.8, 4) is 0 Å². The molecule has 0 saturated carbocycles. The van der Waals surface area contributed by atoms with Crippen molar-refractivity contribution < 1.29 is 14.4 Å². The Labute approximate surface area is 103 Å². The monoisotopic (exact) mass is 245 g/mol. The molecule has 3 rings (SSSR count). The van der Waals surface area contributed by atoms with Crippen LogP contribution in [0.5, 0.6) is 0 Å². The van der Waals surface area contributed by atoms with E-state index in [1.807, 2.05) is 12.1 Å². The molecule has 1 heterocycles. The lowest BCUT2D eigenvalue weighted by Crippen LogP contribution is -2.47. The SMILES string of the molecule is O=CNc1ccc2c(c1)CC1(C2)NC(=O)NC1=O. The van der Waals surface area contributed by atoms with Crippen LogP contribution in [0.1, 0.15) is 11.1 Å².